The number of rotatable bonds is 4. The van der Waals surface area contributed by atoms with Gasteiger partial charge in [-0.05, 0) is 42.1 Å². The molecule has 1 atom stereocenters. The number of carbonyl (C=O) groups excluding carboxylic acids is 2. The quantitative estimate of drug-likeness (QED) is 0.446. The molecule has 7 nitrogen and oxygen atoms in total. The van der Waals surface area contributed by atoms with Crippen molar-refractivity contribution >= 4 is 40.7 Å². The summed E-state index contributed by atoms with van der Waals surface area (Å²) in [6.07, 6.45) is 1.75. The van der Waals surface area contributed by atoms with Crippen molar-refractivity contribution in [1.29, 1.82) is 0 Å². The number of carbonyl (C=O) groups is 2. The lowest BCUT2D eigenvalue weighted by molar-refractivity contribution is -0.136. The van der Waals surface area contributed by atoms with Crippen molar-refractivity contribution in [3.05, 3.63) is 83.2 Å². The van der Waals surface area contributed by atoms with E-state index in [0.717, 1.165) is 10.4 Å². The summed E-state index contributed by atoms with van der Waals surface area (Å²) in [6.45, 7) is 3.08. The third-order valence-corrected chi connectivity index (χ3v) is 6.59. The molecule has 0 radical (unpaired) electrons. The SMILES string of the molecule is COC(=O)C1=C(C)N=c2s/c(=C\c3ccc(OC(C)=O)cc3)c(=O)n2[C@H]1c1cccs1. The van der Waals surface area contributed by atoms with E-state index < -0.39 is 18.0 Å². The minimum atomic E-state index is -0.586. The summed E-state index contributed by atoms with van der Waals surface area (Å²) >= 11 is 2.72. The van der Waals surface area contributed by atoms with E-state index in [1.807, 2.05) is 17.5 Å². The predicted octanol–water partition coefficient (Wildman–Crippen LogP) is 2.40. The molecule has 0 spiro atoms. The van der Waals surface area contributed by atoms with Crippen LogP contribution in [0.3, 0.4) is 0 Å². The second-order valence-corrected chi connectivity index (χ2v) is 8.74. The number of esters is 2. The number of nitrogens with zero attached hydrogens (tertiary/aromatic N) is 2. The van der Waals surface area contributed by atoms with E-state index in [1.165, 1.54) is 36.7 Å². The maximum atomic E-state index is 13.3. The average Bonchev–Trinajstić information content (AvgIpc) is 3.36. The Bertz CT molecular complexity index is 1360. The van der Waals surface area contributed by atoms with Gasteiger partial charge < -0.3 is 9.47 Å². The monoisotopic (exact) mass is 454 g/mol. The van der Waals surface area contributed by atoms with Crippen molar-refractivity contribution in [1.82, 2.24) is 4.57 Å². The van der Waals surface area contributed by atoms with Gasteiger partial charge in [0.25, 0.3) is 5.56 Å². The van der Waals surface area contributed by atoms with Gasteiger partial charge in [-0.15, -0.1) is 11.3 Å². The summed E-state index contributed by atoms with van der Waals surface area (Å²) in [6, 6.07) is 10.0. The largest absolute Gasteiger partial charge is 0.466 e. The zero-order valence-corrected chi connectivity index (χ0v) is 18.6. The molecule has 2 aromatic heterocycles. The number of methoxy groups -OCH3 is 1. The van der Waals surface area contributed by atoms with Crippen LogP contribution in [-0.4, -0.2) is 23.6 Å². The van der Waals surface area contributed by atoms with Crippen LogP contribution in [0.25, 0.3) is 6.08 Å². The highest BCUT2D eigenvalue weighted by atomic mass is 32.1. The van der Waals surface area contributed by atoms with Gasteiger partial charge in [-0.1, -0.05) is 29.5 Å². The molecular formula is C22H18N2O5S2. The van der Waals surface area contributed by atoms with Gasteiger partial charge in [0.1, 0.15) is 11.8 Å². The predicted molar refractivity (Wildman–Crippen MR) is 118 cm³/mol. The molecule has 3 heterocycles. The summed E-state index contributed by atoms with van der Waals surface area (Å²) in [5, 5.41) is 1.90. The molecule has 3 aromatic rings. The fraction of sp³-hybridized carbons (Fsp3) is 0.182. The molecule has 0 saturated heterocycles. The van der Waals surface area contributed by atoms with Crippen LogP contribution < -0.4 is 19.6 Å². The molecule has 0 bridgehead atoms. The normalized spacial score (nSPS) is 16.0. The molecule has 4 rings (SSSR count). The number of benzene rings is 1. The van der Waals surface area contributed by atoms with E-state index >= 15 is 0 Å². The molecule has 0 aliphatic carbocycles. The maximum Gasteiger partial charge on any atom is 0.338 e. The maximum absolute atomic E-state index is 13.3. The zero-order chi connectivity index (χ0) is 22.1. The third-order valence-electron chi connectivity index (χ3n) is 4.68. The number of thiophene rings is 1. The Morgan fingerprint density at radius 2 is 1.94 bits per heavy atom. The Morgan fingerprint density at radius 3 is 2.55 bits per heavy atom. The summed E-state index contributed by atoms with van der Waals surface area (Å²) in [5.74, 6) is -0.469. The lowest BCUT2D eigenvalue weighted by atomic mass is 10.0. The van der Waals surface area contributed by atoms with Crippen LogP contribution >= 0.6 is 22.7 Å². The number of aromatic nitrogens is 1. The lowest BCUT2D eigenvalue weighted by Crippen LogP contribution is -2.39. The van der Waals surface area contributed by atoms with Gasteiger partial charge >= 0.3 is 11.9 Å². The van der Waals surface area contributed by atoms with Gasteiger partial charge in [0, 0.05) is 11.8 Å². The molecular weight excluding hydrogens is 436 g/mol. The Hall–Kier alpha value is -3.30. The van der Waals surface area contributed by atoms with Gasteiger partial charge in [0.2, 0.25) is 0 Å². The molecule has 1 aromatic carbocycles. The van der Waals surface area contributed by atoms with E-state index in [2.05, 4.69) is 4.99 Å². The van der Waals surface area contributed by atoms with Crippen molar-refractivity contribution in [2.45, 2.75) is 19.9 Å². The number of thiazole rings is 1. The van der Waals surface area contributed by atoms with Gasteiger partial charge in [0.15, 0.2) is 4.80 Å². The van der Waals surface area contributed by atoms with Crippen molar-refractivity contribution in [3.8, 4) is 5.75 Å². The molecule has 1 aliphatic heterocycles. The molecule has 0 N–H and O–H groups in total. The Balaban J connectivity index is 1.85. The van der Waals surface area contributed by atoms with E-state index in [9.17, 15) is 14.4 Å². The topological polar surface area (TPSA) is 87.0 Å². The minimum Gasteiger partial charge on any atom is -0.466 e. The van der Waals surface area contributed by atoms with Crippen LogP contribution in [0.15, 0.2) is 62.8 Å². The van der Waals surface area contributed by atoms with Gasteiger partial charge in [-0.2, -0.15) is 0 Å². The highest BCUT2D eigenvalue weighted by molar-refractivity contribution is 7.10. The number of fused-ring (bicyclic) bond motifs is 1. The molecule has 0 unspecified atom stereocenters. The fourth-order valence-electron chi connectivity index (χ4n) is 3.36. The Kier molecular flexibility index (Phi) is 5.71. The van der Waals surface area contributed by atoms with Crippen LogP contribution in [0.2, 0.25) is 0 Å². The minimum absolute atomic E-state index is 0.236. The highest BCUT2D eigenvalue weighted by Gasteiger charge is 2.33. The number of allylic oxidation sites excluding steroid dienone is 1. The molecule has 0 amide bonds. The standard InChI is InChI=1S/C22H18N2O5S2/c1-12-18(21(27)28-3)19(16-5-4-10-30-16)24-20(26)17(31-22(24)23-12)11-14-6-8-15(9-7-14)29-13(2)25/h4-11,19H,1-3H3/b17-11-/t19-/m0/s1. The van der Waals surface area contributed by atoms with E-state index in [4.69, 9.17) is 9.47 Å². The van der Waals surface area contributed by atoms with Gasteiger partial charge in [0.05, 0.1) is 22.9 Å². The number of ether oxygens (including phenoxy) is 2. The van der Waals surface area contributed by atoms with Crippen LogP contribution in [-0.2, 0) is 14.3 Å². The number of hydrogen-bond acceptors (Lipinski definition) is 8. The van der Waals surface area contributed by atoms with Crippen molar-refractivity contribution in [2.75, 3.05) is 7.11 Å². The van der Waals surface area contributed by atoms with Crippen LogP contribution in [0.1, 0.15) is 30.3 Å². The Labute approximate surface area is 185 Å². The van der Waals surface area contributed by atoms with Gasteiger partial charge in [-0.3, -0.25) is 14.2 Å². The van der Waals surface area contributed by atoms with Crippen LogP contribution in [0, 0.1) is 0 Å². The fourth-order valence-corrected chi connectivity index (χ4v) is 5.23. The lowest BCUT2D eigenvalue weighted by Gasteiger charge is -2.22. The van der Waals surface area contributed by atoms with E-state index in [1.54, 1.807) is 41.8 Å². The second kappa shape index (κ2) is 8.44. The van der Waals surface area contributed by atoms with Crippen molar-refractivity contribution in [3.63, 3.8) is 0 Å². The third kappa shape index (κ3) is 4.01. The van der Waals surface area contributed by atoms with Crippen LogP contribution in [0.5, 0.6) is 5.75 Å². The average molecular weight is 455 g/mol. The van der Waals surface area contributed by atoms with Crippen molar-refractivity contribution in [2.24, 2.45) is 4.99 Å². The van der Waals surface area contributed by atoms with Gasteiger partial charge in [-0.25, -0.2) is 9.79 Å². The molecule has 9 heteroatoms. The molecule has 0 saturated carbocycles. The number of hydrogen-bond donors (Lipinski definition) is 0. The Morgan fingerprint density at radius 1 is 1.19 bits per heavy atom. The molecule has 158 valence electrons. The first-order valence-corrected chi connectivity index (χ1v) is 11.0. The first kappa shape index (κ1) is 21.0. The molecule has 1 aliphatic rings. The molecule has 31 heavy (non-hydrogen) atoms. The second-order valence-electron chi connectivity index (χ2n) is 6.75. The van der Waals surface area contributed by atoms with E-state index in [-0.39, 0.29) is 5.56 Å². The summed E-state index contributed by atoms with van der Waals surface area (Å²) in [4.78, 5) is 42.8. The smallest absolute Gasteiger partial charge is 0.338 e. The summed E-state index contributed by atoms with van der Waals surface area (Å²) in [7, 11) is 1.32. The molecule has 0 fully saturated rings. The zero-order valence-electron chi connectivity index (χ0n) is 16.9. The summed E-state index contributed by atoms with van der Waals surface area (Å²) < 4.78 is 12.1. The highest BCUT2D eigenvalue weighted by Crippen LogP contribution is 2.32. The first-order chi connectivity index (χ1) is 14.9. The summed E-state index contributed by atoms with van der Waals surface area (Å²) in [5.41, 5.74) is 1.43. The van der Waals surface area contributed by atoms with Crippen molar-refractivity contribution < 1.29 is 19.1 Å². The van der Waals surface area contributed by atoms with Crippen LogP contribution in [0.4, 0.5) is 0 Å². The van der Waals surface area contributed by atoms with E-state index in [0.29, 0.717) is 26.4 Å². The first-order valence-electron chi connectivity index (χ1n) is 9.32.